The number of rotatable bonds is 10. The van der Waals surface area contributed by atoms with Crippen molar-refractivity contribution >= 4 is 46.9 Å². The minimum absolute atomic E-state index is 0.0802. The summed E-state index contributed by atoms with van der Waals surface area (Å²) < 4.78 is 10.9. The first kappa shape index (κ1) is 26.9. The number of amides is 2. The van der Waals surface area contributed by atoms with E-state index in [0.717, 1.165) is 21.7 Å². The zero-order chi connectivity index (χ0) is 26.2. The smallest absolute Gasteiger partial charge is 0.265 e. The summed E-state index contributed by atoms with van der Waals surface area (Å²) in [6.07, 6.45) is 1.38. The van der Waals surface area contributed by atoms with Crippen LogP contribution in [0.25, 0.3) is 6.08 Å². The molecule has 2 amide bonds. The molecule has 0 bridgehead atoms. The molecule has 0 radical (unpaired) electrons. The van der Waals surface area contributed by atoms with Gasteiger partial charge in [-0.25, -0.2) is 0 Å². The fourth-order valence-corrected chi connectivity index (χ4v) is 5.21. The fourth-order valence-electron chi connectivity index (χ4n) is 3.93. The van der Waals surface area contributed by atoms with Crippen LogP contribution in [0.3, 0.4) is 0 Å². The SMILES string of the molecule is CCOC(CNC(=O)c1ccc(C=C2Sc3ccccc3N(Cc3cccc(Cl)c3)C2=O)cc1)OCC. The van der Waals surface area contributed by atoms with E-state index in [-0.39, 0.29) is 18.4 Å². The predicted octanol–water partition coefficient (Wildman–Crippen LogP) is 6.15. The van der Waals surface area contributed by atoms with E-state index in [4.69, 9.17) is 21.1 Å². The van der Waals surface area contributed by atoms with Gasteiger partial charge < -0.3 is 19.7 Å². The standard InChI is InChI=1S/C29H29ClN2O4S/c1-3-35-27(36-4-2)18-31-28(33)22-14-12-20(13-15-22)17-26-29(34)32(19-21-8-7-9-23(30)16-21)24-10-5-6-11-25(24)37-26/h5-17,27H,3-4,18-19H2,1-2H3,(H,31,33). The molecule has 3 aromatic carbocycles. The average Bonchev–Trinajstić information content (AvgIpc) is 2.90. The molecular formula is C29H29ClN2O4S. The Morgan fingerprint density at radius 3 is 2.46 bits per heavy atom. The Hall–Kier alpha value is -3.10. The Balaban J connectivity index is 1.50. The first-order chi connectivity index (χ1) is 18.0. The Labute approximate surface area is 226 Å². The van der Waals surface area contributed by atoms with Gasteiger partial charge in [-0.3, -0.25) is 9.59 Å². The van der Waals surface area contributed by atoms with E-state index in [2.05, 4.69) is 5.32 Å². The van der Waals surface area contributed by atoms with Gasteiger partial charge in [0.25, 0.3) is 11.8 Å². The highest BCUT2D eigenvalue weighted by Crippen LogP contribution is 2.42. The second-order valence-electron chi connectivity index (χ2n) is 8.27. The summed E-state index contributed by atoms with van der Waals surface area (Å²) in [6.45, 7) is 5.44. The van der Waals surface area contributed by atoms with Crippen molar-refractivity contribution in [3.8, 4) is 0 Å². The van der Waals surface area contributed by atoms with Gasteiger partial charge in [-0.05, 0) is 67.4 Å². The summed E-state index contributed by atoms with van der Waals surface area (Å²) in [7, 11) is 0. The fraction of sp³-hybridized carbons (Fsp3) is 0.241. The summed E-state index contributed by atoms with van der Waals surface area (Å²) in [6, 6.07) is 22.5. The topological polar surface area (TPSA) is 67.9 Å². The van der Waals surface area contributed by atoms with Gasteiger partial charge in [0.05, 0.1) is 23.7 Å². The highest BCUT2D eigenvalue weighted by molar-refractivity contribution is 8.04. The van der Waals surface area contributed by atoms with Crippen molar-refractivity contribution in [2.24, 2.45) is 0 Å². The number of thioether (sulfide) groups is 1. The molecule has 1 aliphatic rings. The zero-order valence-electron chi connectivity index (χ0n) is 20.8. The normalized spacial score (nSPS) is 14.2. The van der Waals surface area contributed by atoms with Crippen LogP contribution in [0.2, 0.25) is 5.02 Å². The third kappa shape index (κ3) is 7.02. The van der Waals surface area contributed by atoms with Crippen LogP contribution in [0, 0.1) is 0 Å². The number of hydrogen-bond acceptors (Lipinski definition) is 5. The van der Waals surface area contributed by atoms with Crippen molar-refractivity contribution in [2.75, 3.05) is 24.7 Å². The molecule has 0 unspecified atom stereocenters. The summed E-state index contributed by atoms with van der Waals surface area (Å²) in [5.74, 6) is -0.295. The zero-order valence-corrected chi connectivity index (χ0v) is 22.4. The molecule has 1 aliphatic heterocycles. The Morgan fingerprint density at radius 1 is 1.03 bits per heavy atom. The van der Waals surface area contributed by atoms with E-state index in [1.54, 1.807) is 17.0 Å². The second kappa shape index (κ2) is 12.9. The van der Waals surface area contributed by atoms with Gasteiger partial charge in [0.15, 0.2) is 6.29 Å². The molecule has 0 atom stereocenters. The van der Waals surface area contributed by atoms with E-state index in [1.807, 2.05) is 80.6 Å². The number of benzene rings is 3. The van der Waals surface area contributed by atoms with Crippen LogP contribution >= 0.6 is 23.4 Å². The molecule has 0 saturated heterocycles. The third-order valence-electron chi connectivity index (χ3n) is 5.67. The van der Waals surface area contributed by atoms with E-state index >= 15 is 0 Å². The molecule has 1 heterocycles. The molecule has 6 nitrogen and oxygen atoms in total. The van der Waals surface area contributed by atoms with Crippen LogP contribution in [0.15, 0.2) is 82.6 Å². The van der Waals surface area contributed by atoms with Gasteiger partial charge in [-0.2, -0.15) is 0 Å². The number of carbonyl (C=O) groups is 2. The summed E-state index contributed by atoms with van der Waals surface area (Å²) in [4.78, 5) is 29.5. The van der Waals surface area contributed by atoms with Gasteiger partial charge in [0.2, 0.25) is 0 Å². The molecule has 37 heavy (non-hydrogen) atoms. The third-order valence-corrected chi connectivity index (χ3v) is 6.98. The second-order valence-corrected chi connectivity index (χ2v) is 9.79. The maximum absolute atomic E-state index is 13.5. The van der Waals surface area contributed by atoms with Crippen LogP contribution in [0.1, 0.15) is 35.3 Å². The number of fused-ring (bicyclic) bond motifs is 1. The van der Waals surface area contributed by atoms with E-state index < -0.39 is 6.29 Å². The van der Waals surface area contributed by atoms with Crippen molar-refractivity contribution in [2.45, 2.75) is 31.6 Å². The number of hydrogen-bond donors (Lipinski definition) is 1. The van der Waals surface area contributed by atoms with Gasteiger partial charge in [-0.15, -0.1) is 0 Å². The van der Waals surface area contributed by atoms with Crippen molar-refractivity contribution in [3.63, 3.8) is 0 Å². The molecule has 3 aromatic rings. The molecule has 4 rings (SSSR count). The number of carbonyl (C=O) groups excluding carboxylic acids is 2. The first-order valence-electron chi connectivity index (χ1n) is 12.1. The van der Waals surface area contributed by atoms with E-state index in [0.29, 0.717) is 35.2 Å². The van der Waals surface area contributed by atoms with Crippen LogP contribution in [0.5, 0.6) is 0 Å². The van der Waals surface area contributed by atoms with E-state index in [1.165, 1.54) is 11.8 Å². The summed E-state index contributed by atoms with van der Waals surface area (Å²) in [5.41, 5.74) is 3.17. The van der Waals surface area contributed by atoms with Gasteiger partial charge in [0, 0.05) is 28.7 Å². The Bertz CT molecular complexity index is 1270. The minimum Gasteiger partial charge on any atom is -0.351 e. The van der Waals surface area contributed by atoms with Crippen LogP contribution < -0.4 is 10.2 Å². The lowest BCUT2D eigenvalue weighted by Crippen LogP contribution is -2.35. The Kier molecular flexibility index (Phi) is 9.41. The van der Waals surface area contributed by atoms with Gasteiger partial charge in [0.1, 0.15) is 0 Å². The number of halogens is 1. The summed E-state index contributed by atoms with van der Waals surface area (Å²) >= 11 is 7.62. The maximum Gasteiger partial charge on any atom is 0.265 e. The number of para-hydroxylation sites is 1. The molecule has 0 spiro atoms. The molecule has 0 aromatic heterocycles. The molecule has 192 valence electrons. The van der Waals surface area contributed by atoms with Crippen molar-refractivity contribution in [1.29, 1.82) is 0 Å². The average molecular weight is 537 g/mol. The molecule has 0 aliphatic carbocycles. The largest absolute Gasteiger partial charge is 0.351 e. The maximum atomic E-state index is 13.5. The van der Waals surface area contributed by atoms with Gasteiger partial charge >= 0.3 is 0 Å². The molecule has 8 heteroatoms. The van der Waals surface area contributed by atoms with Crippen molar-refractivity contribution in [1.82, 2.24) is 5.32 Å². The highest BCUT2D eigenvalue weighted by Gasteiger charge is 2.29. The Morgan fingerprint density at radius 2 is 1.76 bits per heavy atom. The highest BCUT2D eigenvalue weighted by atomic mass is 35.5. The van der Waals surface area contributed by atoms with Crippen molar-refractivity contribution in [3.05, 3.63) is 99.4 Å². The van der Waals surface area contributed by atoms with Crippen LogP contribution in [-0.2, 0) is 20.8 Å². The van der Waals surface area contributed by atoms with Gasteiger partial charge in [-0.1, -0.05) is 59.8 Å². The minimum atomic E-state index is -0.477. The number of nitrogens with one attached hydrogen (secondary N) is 1. The molecular weight excluding hydrogens is 508 g/mol. The number of nitrogens with zero attached hydrogens (tertiary/aromatic N) is 1. The molecule has 0 fully saturated rings. The first-order valence-corrected chi connectivity index (χ1v) is 13.3. The quantitative estimate of drug-likeness (QED) is 0.249. The lowest BCUT2D eigenvalue weighted by atomic mass is 10.1. The predicted molar refractivity (Wildman–Crippen MR) is 149 cm³/mol. The number of anilines is 1. The van der Waals surface area contributed by atoms with Crippen molar-refractivity contribution < 1.29 is 19.1 Å². The van der Waals surface area contributed by atoms with Crippen LogP contribution in [-0.4, -0.2) is 37.9 Å². The molecule has 1 N–H and O–H groups in total. The monoisotopic (exact) mass is 536 g/mol. The van der Waals surface area contributed by atoms with Crippen LogP contribution in [0.4, 0.5) is 5.69 Å². The lowest BCUT2D eigenvalue weighted by Gasteiger charge is -2.30. The molecule has 0 saturated carbocycles. The van der Waals surface area contributed by atoms with E-state index in [9.17, 15) is 9.59 Å². The summed E-state index contributed by atoms with van der Waals surface area (Å²) in [5, 5.41) is 3.48. The number of ether oxygens (including phenoxy) is 2. The lowest BCUT2D eigenvalue weighted by molar-refractivity contribution is -0.131.